The van der Waals surface area contributed by atoms with Gasteiger partial charge >= 0.3 is 6.16 Å². The number of amides is 1. The molecule has 1 heterocycles. The first kappa shape index (κ1) is 16.0. The van der Waals surface area contributed by atoms with Gasteiger partial charge in [-0.1, -0.05) is 27.7 Å². The van der Waals surface area contributed by atoms with Crippen molar-refractivity contribution in [1.82, 2.24) is 4.57 Å². The summed E-state index contributed by atoms with van der Waals surface area (Å²) in [6, 6.07) is -0.753. The molecular formula is C12H24N2O4Si. The second kappa shape index (κ2) is 5.92. The predicted octanol–water partition coefficient (Wildman–Crippen LogP) is 0.246. The zero-order valence-corrected chi connectivity index (χ0v) is 13.7. The van der Waals surface area contributed by atoms with Crippen LogP contribution in [-0.4, -0.2) is 52.1 Å². The minimum atomic E-state index is -0.803. The van der Waals surface area contributed by atoms with Crippen LogP contribution >= 0.6 is 0 Å². The Morgan fingerprint density at radius 2 is 2.11 bits per heavy atom. The molecule has 0 aliphatic carbocycles. The van der Waals surface area contributed by atoms with Crippen molar-refractivity contribution in [3.05, 3.63) is 0 Å². The van der Waals surface area contributed by atoms with Crippen molar-refractivity contribution >= 4 is 21.7 Å². The van der Waals surface area contributed by atoms with Crippen LogP contribution in [0.25, 0.3) is 0 Å². The second-order valence-corrected chi connectivity index (χ2v) is 8.79. The lowest BCUT2D eigenvalue weighted by molar-refractivity contribution is -0.143. The fourth-order valence-electron chi connectivity index (χ4n) is 1.85. The highest BCUT2D eigenvalue weighted by molar-refractivity contribution is 6.42. The van der Waals surface area contributed by atoms with E-state index < -0.39 is 21.9 Å². The molecule has 19 heavy (non-hydrogen) atoms. The van der Waals surface area contributed by atoms with Gasteiger partial charge in [0.25, 0.3) is 0 Å². The highest BCUT2D eigenvalue weighted by atomic mass is 28.2. The molecule has 2 unspecified atom stereocenters. The van der Waals surface area contributed by atoms with Crippen molar-refractivity contribution < 1.29 is 19.1 Å². The molecule has 0 saturated carbocycles. The first-order chi connectivity index (χ1) is 8.70. The van der Waals surface area contributed by atoms with Crippen molar-refractivity contribution in [1.29, 1.82) is 0 Å². The van der Waals surface area contributed by atoms with Crippen molar-refractivity contribution in [2.45, 2.75) is 44.8 Å². The van der Waals surface area contributed by atoms with Gasteiger partial charge in [0.05, 0.1) is 13.2 Å². The molecule has 110 valence electrons. The highest BCUT2D eigenvalue weighted by Gasteiger charge is 2.47. The number of hydrogen-bond acceptors (Lipinski definition) is 5. The standard InChI is InChI=1S/C12H24N2O4Si/c1-7(2)12(3,4)19-14-8(9(13)10(14)15)6-18-11(16)17-5/h7-9H,6,13,19H2,1-5H3. The maximum atomic E-state index is 11.9. The summed E-state index contributed by atoms with van der Waals surface area (Å²) in [4.78, 5) is 22.8. The summed E-state index contributed by atoms with van der Waals surface area (Å²) in [6.07, 6.45) is -0.740. The number of rotatable bonds is 5. The number of β-lactam (4-membered cyclic amide) rings is 1. The molecule has 2 atom stereocenters. The Morgan fingerprint density at radius 1 is 1.53 bits per heavy atom. The molecule has 1 fully saturated rings. The zero-order chi connectivity index (χ0) is 14.8. The largest absolute Gasteiger partial charge is 0.508 e. The van der Waals surface area contributed by atoms with Gasteiger partial charge in [-0.15, -0.1) is 0 Å². The van der Waals surface area contributed by atoms with E-state index in [1.807, 2.05) is 4.57 Å². The molecule has 1 saturated heterocycles. The third kappa shape index (κ3) is 3.47. The lowest BCUT2D eigenvalue weighted by Gasteiger charge is -2.49. The van der Waals surface area contributed by atoms with Gasteiger partial charge in [-0.25, -0.2) is 4.79 Å². The fraction of sp³-hybridized carbons (Fsp3) is 0.833. The van der Waals surface area contributed by atoms with Gasteiger partial charge in [-0.3, -0.25) is 4.79 Å². The highest BCUT2D eigenvalue weighted by Crippen LogP contribution is 2.36. The number of carbonyl (C=O) groups excluding carboxylic acids is 2. The van der Waals surface area contributed by atoms with Crippen LogP contribution in [0.4, 0.5) is 4.79 Å². The lowest BCUT2D eigenvalue weighted by Crippen LogP contribution is -2.72. The minimum absolute atomic E-state index is 0.0288. The van der Waals surface area contributed by atoms with Crippen LogP contribution in [0.1, 0.15) is 27.7 Å². The van der Waals surface area contributed by atoms with Crippen LogP contribution < -0.4 is 5.73 Å². The topological polar surface area (TPSA) is 81.9 Å². The van der Waals surface area contributed by atoms with Gasteiger partial charge in [0, 0.05) is 0 Å². The Kier molecular flexibility index (Phi) is 4.97. The molecule has 0 aromatic heterocycles. The van der Waals surface area contributed by atoms with E-state index in [1.165, 1.54) is 7.11 Å². The number of ether oxygens (including phenoxy) is 2. The van der Waals surface area contributed by atoms with Crippen molar-refractivity contribution in [2.75, 3.05) is 13.7 Å². The normalized spacial score (nSPS) is 23.9. The summed E-state index contributed by atoms with van der Waals surface area (Å²) < 4.78 is 11.1. The van der Waals surface area contributed by atoms with Crippen LogP contribution in [0.15, 0.2) is 0 Å². The predicted molar refractivity (Wildman–Crippen MR) is 74.4 cm³/mol. The van der Waals surface area contributed by atoms with E-state index in [-0.39, 0.29) is 23.6 Å². The second-order valence-electron chi connectivity index (χ2n) is 5.97. The van der Waals surface area contributed by atoms with Gasteiger partial charge in [0.2, 0.25) is 5.91 Å². The Morgan fingerprint density at radius 3 is 2.58 bits per heavy atom. The Labute approximate surface area is 116 Å². The quantitative estimate of drug-likeness (QED) is 0.445. The van der Waals surface area contributed by atoms with E-state index >= 15 is 0 Å². The van der Waals surface area contributed by atoms with Gasteiger partial charge in [-0.2, -0.15) is 0 Å². The molecule has 1 rings (SSSR count). The Hall–Kier alpha value is -1.08. The van der Waals surface area contributed by atoms with E-state index in [0.717, 1.165) is 0 Å². The van der Waals surface area contributed by atoms with Crippen LogP contribution in [0, 0.1) is 5.92 Å². The molecule has 0 spiro atoms. The monoisotopic (exact) mass is 288 g/mol. The van der Waals surface area contributed by atoms with E-state index in [1.54, 1.807) is 0 Å². The first-order valence-corrected chi connectivity index (χ1v) is 7.81. The van der Waals surface area contributed by atoms with Crippen molar-refractivity contribution in [2.24, 2.45) is 11.7 Å². The van der Waals surface area contributed by atoms with Crippen LogP contribution in [-0.2, 0) is 14.3 Å². The van der Waals surface area contributed by atoms with E-state index in [9.17, 15) is 9.59 Å². The van der Waals surface area contributed by atoms with Gasteiger partial charge < -0.3 is 19.8 Å². The van der Waals surface area contributed by atoms with Gasteiger partial charge in [-0.05, 0) is 11.0 Å². The van der Waals surface area contributed by atoms with Crippen LogP contribution in [0.3, 0.4) is 0 Å². The summed E-state index contributed by atoms with van der Waals surface area (Å²) >= 11 is 0. The molecule has 1 aliphatic rings. The Balaban J connectivity index is 2.61. The summed E-state index contributed by atoms with van der Waals surface area (Å²) in [7, 11) is 0.449. The van der Waals surface area contributed by atoms with Gasteiger partial charge in [0.1, 0.15) is 22.3 Å². The summed E-state index contributed by atoms with van der Waals surface area (Å²) in [5.41, 5.74) is 5.78. The SMILES string of the molecule is COC(=O)OCC1C(N)C(=O)N1[SiH2]C(C)(C)C(C)C. The molecule has 6 nitrogen and oxygen atoms in total. The number of methoxy groups -OCH3 is 1. The summed E-state index contributed by atoms with van der Waals surface area (Å²) in [5.74, 6) is 0.463. The average molecular weight is 288 g/mol. The molecule has 0 aromatic rings. The Bertz CT molecular complexity index is 360. The van der Waals surface area contributed by atoms with Gasteiger partial charge in [0.15, 0.2) is 0 Å². The summed E-state index contributed by atoms with van der Waals surface area (Å²) in [6.45, 7) is 8.74. The molecule has 2 N–H and O–H groups in total. The first-order valence-electron chi connectivity index (χ1n) is 6.47. The molecule has 0 bridgehead atoms. The molecule has 0 radical (unpaired) electrons. The third-order valence-corrected chi connectivity index (χ3v) is 6.82. The average Bonchev–Trinajstić information content (AvgIpc) is 2.36. The van der Waals surface area contributed by atoms with Crippen molar-refractivity contribution in [3.63, 3.8) is 0 Å². The third-order valence-electron chi connectivity index (χ3n) is 4.06. The van der Waals surface area contributed by atoms with Crippen molar-refractivity contribution in [3.8, 4) is 0 Å². The molecule has 0 aromatic carbocycles. The van der Waals surface area contributed by atoms with Crippen LogP contribution in [0.2, 0.25) is 5.04 Å². The number of hydrogen-bond donors (Lipinski definition) is 1. The smallest absolute Gasteiger partial charge is 0.438 e. The molecular weight excluding hydrogens is 264 g/mol. The van der Waals surface area contributed by atoms with E-state index in [4.69, 9.17) is 10.5 Å². The minimum Gasteiger partial charge on any atom is -0.438 e. The summed E-state index contributed by atoms with van der Waals surface area (Å²) in [5, 5.41) is 0.124. The van der Waals surface area contributed by atoms with E-state index in [2.05, 4.69) is 32.4 Å². The maximum absolute atomic E-state index is 11.9. The fourth-order valence-corrected chi connectivity index (χ4v) is 4.03. The van der Waals surface area contributed by atoms with Crippen LogP contribution in [0.5, 0.6) is 0 Å². The zero-order valence-electron chi connectivity index (χ0n) is 12.3. The number of nitrogens with zero attached hydrogens (tertiary/aromatic N) is 1. The maximum Gasteiger partial charge on any atom is 0.508 e. The van der Waals surface area contributed by atoms with E-state index in [0.29, 0.717) is 5.92 Å². The number of nitrogens with two attached hydrogens (primary N) is 1. The molecule has 7 heteroatoms. The number of carbonyl (C=O) groups is 2. The molecule has 1 amide bonds. The molecule has 1 aliphatic heterocycles. The lowest BCUT2D eigenvalue weighted by atomic mass is 9.99.